The second kappa shape index (κ2) is 7.83. The molecule has 1 saturated heterocycles. The number of hydrogen-bond acceptors (Lipinski definition) is 3. The Hall–Kier alpha value is -1.83. The van der Waals surface area contributed by atoms with Crippen LogP contribution < -0.4 is 5.56 Å². The van der Waals surface area contributed by atoms with E-state index in [1.54, 1.807) is 17.0 Å². The molecule has 5 nitrogen and oxygen atoms in total. The highest BCUT2D eigenvalue weighted by atomic mass is 19.4. The number of nitrogens with one attached hydrogen (secondary N) is 1. The minimum atomic E-state index is -4.64. The van der Waals surface area contributed by atoms with Crippen molar-refractivity contribution >= 4 is 5.91 Å². The summed E-state index contributed by atoms with van der Waals surface area (Å²) in [5.74, 6) is -0.187. The summed E-state index contributed by atoms with van der Waals surface area (Å²) in [5, 5.41) is 0. The Morgan fingerprint density at radius 3 is 2.79 bits per heavy atom. The lowest BCUT2D eigenvalue weighted by Crippen LogP contribution is -2.42. The van der Waals surface area contributed by atoms with Gasteiger partial charge in [-0.3, -0.25) is 9.59 Å². The van der Waals surface area contributed by atoms with Gasteiger partial charge in [-0.2, -0.15) is 13.2 Å². The third-order valence-corrected chi connectivity index (χ3v) is 4.21. The van der Waals surface area contributed by atoms with Gasteiger partial charge in [0.2, 0.25) is 0 Å². The normalized spacial score (nSPS) is 18.7. The second-order valence-electron chi connectivity index (χ2n) is 6.01. The fraction of sp³-hybridized carbons (Fsp3) is 0.625. The first-order chi connectivity index (χ1) is 11.3. The van der Waals surface area contributed by atoms with Gasteiger partial charge in [-0.15, -0.1) is 0 Å². The Labute approximate surface area is 137 Å². The van der Waals surface area contributed by atoms with E-state index >= 15 is 0 Å². The van der Waals surface area contributed by atoms with Gasteiger partial charge in [0.05, 0.1) is 0 Å². The summed E-state index contributed by atoms with van der Waals surface area (Å²) in [6, 6.07) is 1.69. The third kappa shape index (κ3) is 4.59. The largest absolute Gasteiger partial charge is 0.431 e. The van der Waals surface area contributed by atoms with Gasteiger partial charge in [0.15, 0.2) is 0 Å². The fourth-order valence-corrected chi connectivity index (χ4v) is 2.98. The van der Waals surface area contributed by atoms with Gasteiger partial charge < -0.3 is 14.6 Å². The van der Waals surface area contributed by atoms with Crippen LogP contribution in [0.4, 0.5) is 13.2 Å². The summed E-state index contributed by atoms with van der Waals surface area (Å²) in [5.41, 5.74) is -2.41. The number of piperidine rings is 1. The van der Waals surface area contributed by atoms with Crippen LogP contribution in [-0.4, -0.2) is 42.6 Å². The van der Waals surface area contributed by atoms with Crippen LogP contribution in [0.25, 0.3) is 0 Å². The topological polar surface area (TPSA) is 62.4 Å². The lowest BCUT2D eigenvalue weighted by Gasteiger charge is -2.32. The molecule has 0 saturated carbocycles. The maximum absolute atomic E-state index is 12.6. The lowest BCUT2D eigenvalue weighted by atomic mass is 9.93. The highest BCUT2D eigenvalue weighted by Gasteiger charge is 2.33. The minimum Gasteiger partial charge on any atom is -0.385 e. The van der Waals surface area contributed by atoms with Crippen LogP contribution >= 0.6 is 0 Å². The van der Waals surface area contributed by atoms with Crippen LogP contribution in [0, 0.1) is 5.92 Å². The Kier molecular flexibility index (Phi) is 6.04. The first-order valence-corrected chi connectivity index (χ1v) is 7.91. The number of carbonyl (C=O) groups excluding carboxylic acids is 1. The number of pyridine rings is 1. The summed E-state index contributed by atoms with van der Waals surface area (Å²) in [7, 11) is 1.63. The van der Waals surface area contributed by atoms with Crippen LogP contribution in [0.1, 0.15) is 41.7 Å². The van der Waals surface area contributed by atoms with Gasteiger partial charge in [-0.25, -0.2) is 0 Å². The molecule has 8 heteroatoms. The van der Waals surface area contributed by atoms with Crippen molar-refractivity contribution in [3.63, 3.8) is 0 Å². The van der Waals surface area contributed by atoms with Crippen LogP contribution in [0.3, 0.4) is 0 Å². The standard InChI is InChI=1S/C16H21F3N2O3/c1-24-9-3-5-11-4-2-8-21(10-11)15(23)12-6-7-13(16(17,18)19)20-14(12)22/h6-7,11H,2-5,8-10H2,1H3,(H,20,22)/t11-/m1/s1. The molecule has 1 N–H and O–H groups in total. The first kappa shape index (κ1) is 18.5. The van der Waals surface area contributed by atoms with E-state index in [4.69, 9.17) is 4.74 Å². The van der Waals surface area contributed by atoms with E-state index in [1.807, 2.05) is 0 Å². The van der Waals surface area contributed by atoms with Crippen molar-refractivity contribution in [2.75, 3.05) is 26.8 Å². The number of aromatic amines is 1. The molecule has 1 fully saturated rings. The summed E-state index contributed by atoms with van der Waals surface area (Å²) in [6.45, 7) is 1.69. The van der Waals surface area contributed by atoms with Gasteiger partial charge in [0, 0.05) is 26.8 Å². The average molecular weight is 346 g/mol. The SMILES string of the molecule is COCCC[C@H]1CCCN(C(=O)c2ccc(C(F)(F)F)[nH]c2=O)C1. The molecule has 0 spiro atoms. The third-order valence-electron chi connectivity index (χ3n) is 4.21. The number of methoxy groups -OCH3 is 1. The first-order valence-electron chi connectivity index (χ1n) is 7.91. The molecule has 0 unspecified atom stereocenters. The van der Waals surface area contributed by atoms with Gasteiger partial charge in [0.1, 0.15) is 11.3 Å². The lowest BCUT2D eigenvalue weighted by molar-refractivity contribution is -0.141. The highest BCUT2D eigenvalue weighted by Crippen LogP contribution is 2.27. The fourth-order valence-electron chi connectivity index (χ4n) is 2.98. The number of alkyl halides is 3. The van der Waals surface area contributed by atoms with Crippen molar-refractivity contribution in [3.8, 4) is 0 Å². The number of nitrogens with zero attached hydrogens (tertiary/aromatic N) is 1. The number of ether oxygens (including phenoxy) is 1. The molecule has 1 aliphatic heterocycles. The summed E-state index contributed by atoms with van der Waals surface area (Å²) < 4.78 is 42.7. The molecule has 0 aliphatic carbocycles. The van der Waals surface area contributed by atoms with E-state index in [0.717, 1.165) is 37.8 Å². The maximum atomic E-state index is 12.6. The smallest absolute Gasteiger partial charge is 0.385 e. The van der Waals surface area contributed by atoms with Crippen molar-refractivity contribution < 1.29 is 22.7 Å². The average Bonchev–Trinajstić information content (AvgIpc) is 2.54. The number of rotatable bonds is 5. The quantitative estimate of drug-likeness (QED) is 0.834. The molecular formula is C16H21F3N2O3. The van der Waals surface area contributed by atoms with E-state index in [2.05, 4.69) is 0 Å². The number of carbonyl (C=O) groups is 1. The zero-order valence-electron chi connectivity index (χ0n) is 13.5. The molecule has 1 aliphatic rings. The van der Waals surface area contributed by atoms with Crippen molar-refractivity contribution in [1.29, 1.82) is 0 Å². The molecule has 2 rings (SSSR count). The van der Waals surface area contributed by atoms with Crippen molar-refractivity contribution in [1.82, 2.24) is 9.88 Å². The van der Waals surface area contributed by atoms with E-state index in [9.17, 15) is 22.8 Å². The molecule has 0 bridgehead atoms. The summed E-state index contributed by atoms with van der Waals surface area (Å²) >= 11 is 0. The zero-order chi connectivity index (χ0) is 17.7. The Bertz CT molecular complexity index is 628. The molecule has 0 radical (unpaired) electrons. The molecule has 2 heterocycles. The van der Waals surface area contributed by atoms with Crippen LogP contribution in [0.2, 0.25) is 0 Å². The molecule has 1 amide bonds. The van der Waals surface area contributed by atoms with E-state index in [1.165, 1.54) is 0 Å². The molecule has 134 valence electrons. The second-order valence-corrected chi connectivity index (χ2v) is 6.01. The van der Waals surface area contributed by atoms with Crippen molar-refractivity contribution in [2.24, 2.45) is 5.92 Å². The highest BCUT2D eigenvalue weighted by molar-refractivity contribution is 5.93. The van der Waals surface area contributed by atoms with Crippen LogP contribution in [0.5, 0.6) is 0 Å². The molecule has 24 heavy (non-hydrogen) atoms. The van der Waals surface area contributed by atoms with E-state index < -0.39 is 23.3 Å². The van der Waals surface area contributed by atoms with Crippen molar-refractivity contribution in [3.05, 3.63) is 33.7 Å². The van der Waals surface area contributed by atoms with E-state index in [0.29, 0.717) is 25.6 Å². The molecular weight excluding hydrogens is 325 g/mol. The monoisotopic (exact) mass is 346 g/mol. The number of H-pyrrole nitrogens is 1. The maximum Gasteiger partial charge on any atom is 0.431 e. The molecule has 0 aromatic carbocycles. The van der Waals surface area contributed by atoms with Crippen LogP contribution in [-0.2, 0) is 10.9 Å². The summed E-state index contributed by atoms with van der Waals surface area (Å²) in [6.07, 6.45) is -1.01. The Morgan fingerprint density at radius 2 is 2.17 bits per heavy atom. The Morgan fingerprint density at radius 1 is 1.42 bits per heavy atom. The predicted molar refractivity (Wildman–Crippen MR) is 81.8 cm³/mol. The number of aromatic nitrogens is 1. The molecule has 1 aromatic rings. The van der Waals surface area contributed by atoms with Gasteiger partial charge in [-0.05, 0) is 43.7 Å². The molecule has 1 atom stereocenters. The number of likely N-dealkylation sites (tertiary alicyclic amines) is 1. The van der Waals surface area contributed by atoms with Gasteiger partial charge in [0.25, 0.3) is 11.5 Å². The van der Waals surface area contributed by atoms with Gasteiger partial charge in [-0.1, -0.05) is 0 Å². The summed E-state index contributed by atoms with van der Waals surface area (Å²) in [4.78, 5) is 27.6. The molecule has 1 aromatic heterocycles. The predicted octanol–water partition coefficient (Wildman–Crippen LogP) is 2.67. The minimum absolute atomic E-state index is 0.249. The number of hydrogen-bond donors (Lipinski definition) is 1. The zero-order valence-corrected chi connectivity index (χ0v) is 13.5. The van der Waals surface area contributed by atoms with Crippen LogP contribution in [0.15, 0.2) is 16.9 Å². The Balaban J connectivity index is 2.07. The number of halogens is 3. The van der Waals surface area contributed by atoms with Gasteiger partial charge >= 0.3 is 6.18 Å². The number of amides is 1. The van der Waals surface area contributed by atoms with Crippen molar-refractivity contribution in [2.45, 2.75) is 31.9 Å². The van der Waals surface area contributed by atoms with E-state index in [-0.39, 0.29) is 5.56 Å².